The summed E-state index contributed by atoms with van der Waals surface area (Å²) in [6.45, 7) is 6.69. The molecule has 0 bridgehead atoms. The monoisotopic (exact) mass is 945 g/mol. The standard InChI is InChI=1S/C61H116O6/c1-4-7-10-13-16-19-22-25-28-29-30-31-34-36-39-42-45-48-51-54-60(63)66-57-58(67-61(64)55-52-49-46-43-40-37-33-27-24-21-18-15-12-9-6-3)56-65-59(62)53-50-47-44-41-38-35-32-26-23-20-17-14-11-8-5-2/h20,23,58H,4-19,21-22,24-57H2,1-3H3/b23-20-/t58-/m1/s1. The van der Waals surface area contributed by atoms with Gasteiger partial charge in [0.05, 0.1) is 0 Å². The summed E-state index contributed by atoms with van der Waals surface area (Å²) >= 11 is 0. The lowest BCUT2D eigenvalue weighted by molar-refractivity contribution is -0.167. The fourth-order valence-electron chi connectivity index (χ4n) is 9.21. The molecule has 0 amide bonds. The third kappa shape index (κ3) is 55.0. The molecule has 396 valence electrons. The van der Waals surface area contributed by atoms with Crippen molar-refractivity contribution in [3.8, 4) is 0 Å². The highest BCUT2D eigenvalue weighted by Gasteiger charge is 2.19. The lowest BCUT2D eigenvalue weighted by atomic mass is 10.0. The first-order chi connectivity index (χ1) is 33.0. The van der Waals surface area contributed by atoms with Crippen molar-refractivity contribution in [3.63, 3.8) is 0 Å². The van der Waals surface area contributed by atoms with E-state index in [0.717, 1.165) is 57.8 Å². The SMILES string of the molecule is CCCCCC/C=C\CCCCCCCCCC(=O)OC[C@H](COC(=O)CCCCCCCCCCCCCCCCCCCCC)OC(=O)CCCCCCCCCCCCCCCCC. The Balaban J connectivity index is 4.29. The fourth-order valence-corrected chi connectivity index (χ4v) is 9.21. The van der Waals surface area contributed by atoms with Gasteiger partial charge in [0.1, 0.15) is 13.2 Å². The molecule has 0 aromatic carbocycles. The van der Waals surface area contributed by atoms with Crippen LogP contribution < -0.4 is 0 Å². The molecule has 0 aromatic heterocycles. The highest BCUT2D eigenvalue weighted by Crippen LogP contribution is 2.18. The lowest BCUT2D eigenvalue weighted by Crippen LogP contribution is -2.30. The van der Waals surface area contributed by atoms with E-state index in [2.05, 4.69) is 32.9 Å². The van der Waals surface area contributed by atoms with Gasteiger partial charge in [0, 0.05) is 19.3 Å². The van der Waals surface area contributed by atoms with E-state index < -0.39 is 6.10 Å². The Morgan fingerprint density at radius 1 is 0.284 bits per heavy atom. The third-order valence-corrected chi connectivity index (χ3v) is 13.8. The number of hydrogen-bond acceptors (Lipinski definition) is 6. The molecule has 0 saturated carbocycles. The van der Waals surface area contributed by atoms with E-state index in [1.807, 2.05) is 0 Å². The Morgan fingerprint density at radius 3 is 0.761 bits per heavy atom. The highest BCUT2D eigenvalue weighted by atomic mass is 16.6. The summed E-state index contributed by atoms with van der Waals surface area (Å²) in [7, 11) is 0. The number of carbonyl (C=O) groups is 3. The fraction of sp³-hybridized carbons (Fsp3) is 0.918. The number of unbranched alkanes of at least 4 members (excludes halogenated alkanes) is 43. The first-order valence-corrected chi connectivity index (χ1v) is 30.2. The number of hydrogen-bond donors (Lipinski definition) is 0. The van der Waals surface area contributed by atoms with Gasteiger partial charge in [-0.25, -0.2) is 0 Å². The van der Waals surface area contributed by atoms with Gasteiger partial charge in [-0.15, -0.1) is 0 Å². The third-order valence-electron chi connectivity index (χ3n) is 13.8. The molecular formula is C61H116O6. The quantitative estimate of drug-likeness (QED) is 0.0262. The van der Waals surface area contributed by atoms with E-state index in [-0.39, 0.29) is 31.1 Å². The second-order valence-corrected chi connectivity index (χ2v) is 20.6. The topological polar surface area (TPSA) is 78.9 Å². The largest absolute Gasteiger partial charge is 0.462 e. The summed E-state index contributed by atoms with van der Waals surface area (Å²) in [5.41, 5.74) is 0. The van der Waals surface area contributed by atoms with E-state index in [0.29, 0.717) is 19.3 Å². The Kier molecular flexibility index (Phi) is 55.2. The molecule has 0 saturated heterocycles. The summed E-state index contributed by atoms with van der Waals surface area (Å²) < 4.78 is 16.9. The zero-order valence-electron chi connectivity index (χ0n) is 45.5. The predicted octanol–water partition coefficient (Wildman–Crippen LogP) is 20.1. The lowest BCUT2D eigenvalue weighted by Gasteiger charge is -2.18. The average molecular weight is 946 g/mol. The van der Waals surface area contributed by atoms with Crippen LogP contribution in [-0.4, -0.2) is 37.2 Å². The maximum absolute atomic E-state index is 12.9. The van der Waals surface area contributed by atoms with Crippen molar-refractivity contribution in [2.24, 2.45) is 0 Å². The molecule has 0 N–H and O–H groups in total. The van der Waals surface area contributed by atoms with Gasteiger partial charge in [0.15, 0.2) is 6.10 Å². The van der Waals surface area contributed by atoms with Crippen molar-refractivity contribution in [3.05, 3.63) is 12.2 Å². The molecule has 0 unspecified atom stereocenters. The van der Waals surface area contributed by atoms with E-state index in [4.69, 9.17) is 14.2 Å². The van der Waals surface area contributed by atoms with Gasteiger partial charge in [-0.1, -0.05) is 290 Å². The van der Waals surface area contributed by atoms with Crippen LogP contribution in [0.3, 0.4) is 0 Å². The van der Waals surface area contributed by atoms with Crippen LogP contribution in [0.25, 0.3) is 0 Å². The maximum atomic E-state index is 12.9. The molecule has 6 nitrogen and oxygen atoms in total. The summed E-state index contributed by atoms with van der Waals surface area (Å²) in [4.78, 5) is 38.2. The first-order valence-electron chi connectivity index (χ1n) is 30.2. The van der Waals surface area contributed by atoms with Gasteiger partial charge >= 0.3 is 17.9 Å². The Hall–Kier alpha value is -1.85. The molecule has 67 heavy (non-hydrogen) atoms. The van der Waals surface area contributed by atoms with Crippen LogP contribution in [0.4, 0.5) is 0 Å². The molecule has 0 fully saturated rings. The van der Waals surface area contributed by atoms with Gasteiger partial charge in [0.25, 0.3) is 0 Å². The Labute approximate surface area is 418 Å². The van der Waals surface area contributed by atoms with Crippen LogP contribution in [0, 0.1) is 0 Å². The minimum atomic E-state index is -0.766. The predicted molar refractivity (Wildman–Crippen MR) is 289 cm³/mol. The van der Waals surface area contributed by atoms with E-state index in [1.165, 1.54) is 244 Å². The first kappa shape index (κ1) is 65.1. The van der Waals surface area contributed by atoms with Crippen LogP contribution >= 0.6 is 0 Å². The summed E-state index contributed by atoms with van der Waals surface area (Å²) in [5.74, 6) is -0.842. The van der Waals surface area contributed by atoms with Crippen LogP contribution in [0.15, 0.2) is 12.2 Å². The van der Waals surface area contributed by atoms with Gasteiger partial charge in [-0.05, 0) is 44.9 Å². The number of carbonyl (C=O) groups excluding carboxylic acids is 3. The normalized spacial score (nSPS) is 12.0. The van der Waals surface area contributed by atoms with E-state index in [9.17, 15) is 14.4 Å². The molecule has 0 radical (unpaired) electrons. The Bertz CT molecular complexity index is 1040. The van der Waals surface area contributed by atoms with Crippen LogP contribution in [0.5, 0.6) is 0 Å². The highest BCUT2D eigenvalue weighted by molar-refractivity contribution is 5.71. The molecule has 0 heterocycles. The van der Waals surface area contributed by atoms with Crippen molar-refractivity contribution in [2.75, 3.05) is 13.2 Å². The van der Waals surface area contributed by atoms with Crippen LogP contribution in [-0.2, 0) is 28.6 Å². The molecule has 0 aliphatic rings. The van der Waals surface area contributed by atoms with Crippen molar-refractivity contribution in [1.82, 2.24) is 0 Å². The molecule has 0 aromatic rings. The van der Waals surface area contributed by atoms with E-state index >= 15 is 0 Å². The van der Waals surface area contributed by atoms with Gasteiger partial charge in [0.2, 0.25) is 0 Å². The van der Waals surface area contributed by atoms with E-state index in [1.54, 1.807) is 0 Å². The second-order valence-electron chi connectivity index (χ2n) is 20.6. The minimum Gasteiger partial charge on any atom is -0.462 e. The minimum absolute atomic E-state index is 0.0649. The van der Waals surface area contributed by atoms with Crippen LogP contribution in [0.2, 0.25) is 0 Å². The van der Waals surface area contributed by atoms with Crippen molar-refractivity contribution >= 4 is 17.9 Å². The molecular weight excluding hydrogens is 829 g/mol. The number of esters is 3. The molecule has 0 aliphatic carbocycles. The zero-order chi connectivity index (χ0) is 48.6. The molecule has 0 rings (SSSR count). The number of rotatable bonds is 56. The van der Waals surface area contributed by atoms with Gasteiger partial charge in [-0.3, -0.25) is 14.4 Å². The second kappa shape index (κ2) is 56.7. The molecule has 0 spiro atoms. The molecule has 0 aliphatic heterocycles. The van der Waals surface area contributed by atoms with Crippen molar-refractivity contribution in [1.29, 1.82) is 0 Å². The molecule has 1 atom stereocenters. The van der Waals surface area contributed by atoms with Crippen molar-refractivity contribution in [2.45, 2.75) is 348 Å². The number of allylic oxidation sites excluding steroid dienone is 2. The van der Waals surface area contributed by atoms with Crippen LogP contribution in [0.1, 0.15) is 342 Å². The maximum Gasteiger partial charge on any atom is 0.306 e. The summed E-state index contributed by atoms with van der Waals surface area (Å²) in [5, 5.41) is 0. The Morgan fingerprint density at radius 2 is 0.493 bits per heavy atom. The summed E-state index contributed by atoms with van der Waals surface area (Å²) in [6, 6.07) is 0. The van der Waals surface area contributed by atoms with Gasteiger partial charge in [-0.2, -0.15) is 0 Å². The van der Waals surface area contributed by atoms with Crippen molar-refractivity contribution < 1.29 is 28.6 Å². The number of ether oxygens (including phenoxy) is 3. The van der Waals surface area contributed by atoms with Gasteiger partial charge < -0.3 is 14.2 Å². The smallest absolute Gasteiger partial charge is 0.306 e. The molecule has 6 heteroatoms. The average Bonchev–Trinajstić information content (AvgIpc) is 3.33. The summed E-state index contributed by atoms with van der Waals surface area (Å²) in [6.07, 6.45) is 64.9. The zero-order valence-corrected chi connectivity index (χ0v) is 45.5.